The Kier molecular flexibility index (Phi) is 3.56. The van der Waals surface area contributed by atoms with Crippen LogP contribution in [0.1, 0.15) is 12.8 Å². The molecule has 2 N–H and O–H groups in total. The summed E-state index contributed by atoms with van der Waals surface area (Å²) >= 11 is 0. The average molecular weight is 308 g/mol. The fraction of sp³-hybridized carbons (Fsp3) is 0.357. The summed E-state index contributed by atoms with van der Waals surface area (Å²) < 4.78 is 31.7. The molecule has 1 atom stereocenters. The number of hydrogen-bond acceptors (Lipinski definition) is 5. The van der Waals surface area contributed by atoms with Gasteiger partial charge in [-0.15, -0.1) is 0 Å². The molecule has 1 aliphatic rings. The normalized spacial score (nSPS) is 20.7. The lowest BCUT2D eigenvalue weighted by molar-refractivity contribution is 0.316. The Morgan fingerprint density at radius 3 is 2.81 bits per heavy atom. The molecule has 21 heavy (non-hydrogen) atoms. The summed E-state index contributed by atoms with van der Waals surface area (Å²) in [6.45, 7) is 0.822. The van der Waals surface area contributed by atoms with Crippen LogP contribution in [0, 0.1) is 0 Å². The molecule has 1 aliphatic heterocycles. The zero-order valence-corrected chi connectivity index (χ0v) is 12.2. The van der Waals surface area contributed by atoms with Crippen molar-refractivity contribution < 1.29 is 12.8 Å². The third-order valence-corrected chi connectivity index (χ3v) is 5.51. The number of fused-ring (bicyclic) bond motifs is 1. The van der Waals surface area contributed by atoms with Crippen molar-refractivity contribution in [3.63, 3.8) is 0 Å². The van der Waals surface area contributed by atoms with Crippen LogP contribution in [0.2, 0.25) is 0 Å². The quantitative estimate of drug-likeness (QED) is 0.832. The lowest BCUT2D eigenvalue weighted by Gasteiger charge is -2.29. The van der Waals surface area contributed by atoms with Crippen LogP contribution in [0.3, 0.4) is 0 Å². The molecule has 1 aromatic heterocycles. The van der Waals surface area contributed by atoms with E-state index in [0.29, 0.717) is 24.1 Å². The van der Waals surface area contributed by atoms with Crippen LogP contribution in [-0.4, -0.2) is 31.9 Å². The highest BCUT2D eigenvalue weighted by molar-refractivity contribution is 7.89. The van der Waals surface area contributed by atoms with Crippen LogP contribution in [0.25, 0.3) is 11.0 Å². The molecule has 0 bridgehead atoms. The monoisotopic (exact) mass is 308 g/mol. The number of rotatable bonds is 2. The fourth-order valence-corrected chi connectivity index (χ4v) is 4.12. The van der Waals surface area contributed by atoms with E-state index in [1.54, 1.807) is 6.07 Å². The molecule has 3 rings (SSSR count). The molecule has 7 heteroatoms. The van der Waals surface area contributed by atoms with E-state index in [1.165, 1.54) is 28.6 Å². The van der Waals surface area contributed by atoms with Gasteiger partial charge in [0.15, 0.2) is 0 Å². The number of nitrogens with two attached hydrogens (primary N) is 1. The van der Waals surface area contributed by atoms with Gasteiger partial charge in [-0.25, -0.2) is 13.2 Å². The number of sulfonamides is 1. The van der Waals surface area contributed by atoms with E-state index in [9.17, 15) is 13.2 Å². The smallest absolute Gasteiger partial charge is 0.336 e. The molecule has 0 radical (unpaired) electrons. The molecule has 1 aromatic carbocycles. The maximum atomic E-state index is 12.6. The zero-order valence-electron chi connectivity index (χ0n) is 11.4. The van der Waals surface area contributed by atoms with Gasteiger partial charge in [0.05, 0.1) is 4.90 Å². The maximum absolute atomic E-state index is 12.6. The van der Waals surface area contributed by atoms with Gasteiger partial charge in [0.25, 0.3) is 0 Å². The number of hydrogen-bond donors (Lipinski definition) is 1. The minimum absolute atomic E-state index is 0.119. The summed E-state index contributed by atoms with van der Waals surface area (Å²) in [6, 6.07) is 7.20. The molecule has 1 saturated heterocycles. The first-order valence-corrected chi connectivity index (χ1v) is 8.20. The first-order chi connectivity index (χ1) is 9.96. The average Bonchev–Trinajstić information content (AvgIpc) is 2.46. The number of benzene rings is 1. The minimum Gasteiger partial charge on any atom is -0.423 e. The maximum Gasteiger partial charge on any atom is 0.336 e. The van der Waals surface area contributed by atoms with Crippen LogP contribution in [0.5, 0.6) is 0 Å². The topological polar surface area (TPSA) is 93.6 Å². The highest BCUT2D eigenvalue weighted by Crippen LogP contribution is 2.23. The van der Waals surface area contributed by atoms with Gasteiger partial charge in [-0.1, -0.05) is 0 Å². The van der Waals surface area contributed by atoms with Crippen LogP contribution < -0.4 is 11.4 Å². The Labute approximate surface area is 122 Å². The fourth-order valence-electron chi connectivity index (χ4n) is 2.55. The van der Waals surface area contributed by atoms with Crippen molar-refractivity contribution in [1.82, 2.24) is 4.31 Å². The van der Waals surface area contributed by atoms with Crippen LogP contribution in [0.15, 0.2) is 44.4 Å². The second-order valence-electron chi connectivity index (χ2n) is 5.22. The van der Waals surface area contributed by atoms with Gasteiger partial charge < -0.3 is 10.2 Å². The first kappa shape index (κ1) is 14.2. The standard InChI is InChI=1S/C14H16N2O4S/c15-11-2-1-7-16(9-11)21(18,19)12-4-5-13-10(8-12)3-6-14(17)20-13/h3-6,8,11H,1-2,7,9,15H2/t11-/m1/s1. The van der Waals surface area contributed by atoms with Crippen molar-refractivity contribution in [3.05, 3.63) is 40.8 Å². The van der Waals surface area contributed by atoms with Crippen molar-refractivity contribution in [2.24, 2.45) is 5.73 Å². The predicted molar refractivity (Wildman–Crippen MR) is 78.5 cm³/mol. The molecule has 0 spiro atoms. The summed E-state index contributed by atoms with van der Waals surface area (Å²) in [5.41, 5.74) is 5.77. The van der Waals surface area contributed by atoms with E-state index in [-0.39, 0.29) is 10.9 Å². The lowest BCUT2D eigenvalue weighted by atomic mass is 10.1. The zero-order chi connectivity index (χ0) is 15.0. The molecule has 0 amide bonds. The highest BCUT2D eigenvalue weighted by Gasteiger charge is 2.29. The van der Waals surface area contributed by atoms with Crippen molar-refractivity contribution in [2.45, 2.75) is 23.8 Å². The van der Waals surface area contributed by atoms with Crippen molar-refractivity contribution in [3.8, 4) is 0 Å². The summed E-state index contributed by atoms with van der Waals surface area (Å²) in [5.74, 6) is 0. The Hall–Kier alpha value is -1.70. The summed E-state index contributed by atoms with van der Waals surface area (Å²) in [6.07, 6.45) is 1.61. The largest absolute Gasteiger partial charge is 0.423 e. The van der Waals surface area contributed by atoms with Crippen LogP contribution in [0.4, 0.5) is 0 Å². The molecule has 2 heterocycles. The molecular weight excluding hydrogens is 292 g/mol. The highest BCUT2D eigenvalue weighted by atomic mass is 32.2. The van der Waals surface area contributed by atoms with Gasteiger partial charge in [0.2, 0.25) is 10.0 Å². The van der Waals surface area contributed by atoms with Gasteiger partial charge in [0.1, 0.15) is 5.58 Å². The minimum atomic E-state index is -3.56. The molecule has 2 aromatic rings. The second kappa shape index (κ2) is 5.25. The van der Waals surface area contributed by atoms with E-state index in [1.807, 2.05) is 0 Å². The molecule has 1 fully saturated rings. The van der Waals surface area contributed by atoms with E-state index < -0.39 is 15.6 Å². The van der Waals surface area contributed by atoms with E-state index in [0.717, 1.165) is 12.8 Å². The van der Waals surface area contributed by atoms with Gasteiger partial charge in [-0.2, -0.15) is 4.31 Å². The van der Waals surface area contributed by atoms with E-state index >= 15 is 0 Å². The van der Waals surface area contributed by atoms with Crippen molar-refractivity contribution >= 4 is 21.0 Å². The molecule has 0 unspecified atom stereocenters. The Bertz CT molecular complexity index is 828. The van der Waals surface area contributed by atoms with Gasteiger partial charge in [0, 0.05) is 30.6 Å². The molecule has 6 nitrogen and oxygen atoms in total. The van der Waals surface area contributed by atoms with Crippen molar-refractivity contribution in [2.75, 3.05) is 13.1 Å². The first-order valence-electron chi connectivity index (χ1n) is 6.76. The summed E-state index contributed by atoms with van der Waals surface area (Å²) in [5, 5.41) is 0.581. The Balaban J connectivity index is 2.02. The Morgan fingerprint density at radius 2 is 2.05 bits per heavy atom. The predicted octanol–water partition coefficient (Wildman–Crippen LogP) is 0.905. The summed E-state index contributed by atoms with van der Waals surface area (Å²) in [4.78, 5) is 11.3. The Morgan fingerprint density at radius 1 is 1.24 bits per heavy atom. The van der Waals surface area contributed by atoms with Gasteiger partial charge in [-0.3, -0.25) is 0 Å². The molecular formula is C14H16N2O4S. The lowest BCUT2D eigenvalue weighted by Crippen LogP contribution is -2.45. The van der Waals surface area contributed by atoms with E-state index in [4.69, 9.17) is 10.2 Å². The number of nitrogens with zero attached hydrogens (tertiary/aromatic N) is 1. The second-order valence-corrected chi connectivity index (χ2v) is 7.16. The third-order valence-electron chi connectivity index (χ3n) is 3.65. The third kappa shape index (κ3) is 2.72. The molecule has 0 saturated carbocycles. The summed E-state index contributed by atoms with van der Waals surface area (Å²) in [7, 11) is -3.56. The molecule has 0 aliphatic carbocycles. The SMILES string of the molecule is N[C@@H]1CCCN(S(=O)(=O)c2ccc3oc(=O)ccc3c2)C1. The van der Waals surface area contributed by atoms with Crippen molar-refractivity contribution in [1.29, 1.82) is 0 Å². The van der Waals surface area contributed by atoms with Crippen LogP contribution >= 0.6 is 0 Å². The van der Waals surface area contributed by atoms with Gasteiger partial charge >= 0.3 is 5.63 Å². The van der Waals surface area contributed by atoms with Gasteiger partial charge in [-0.05, 0) is 37.1 Å². The number of piperidine rings is 1. The van der Waals surface area contributed by atoms with E-state index in [2.05, 4.69) is 0 Å². The van der Waals surface area contributed by atoms with Crippen LogP contribution in [-0.2, 0) is 10.0 Å². The molecule has 112 valence electrons.